The fourth-order valence-corrected chi connectivity index (χ4v) is 5.18. The van der Waals surface area contributed by atoms with Crippen LogP contribution in [-0.2, 0) is 6.54 Å². The first-order chi connectivity index (χ1) is 17.4. The number of phenols is 1. The van der Waals surface area contributed by atoms with Crippen LogP contribution in [0.25, 0.3) is 38.2 Å². The van der Waals surface area contributed by atoms with E-state index in [4.69, 9.17) is 15.8 Å². The first-order valence-electron chi connectivity index (χ1n) is 10.9. The van der Waals surface area contributed by atoms with Crippen molar-refractivity contribution in [2.24, 2.45) is 0 Å². The summed E-state index contributed by atoms with van der Waals surface area (Å²) in [5.41, 5.74) is 8.36. The van der Waals surface area contributed by atoms with Gasteiger partial charge in [0.2, 0.25) is 0 Å². The predicted octanol–water partition coefficient (Wildman–Crippen LogP) is 4.04. The molecule has 6 rings (SSSR count). The Kier molecular flexibility index (Phi) is 5.00. The number of anilines is 1. The molecule has 9 nitrogen and oxygen atoms in total. The lowest BCUT2D eigenvalue weighted by Crippen LogP contribution is -2.26. The number of nitrogens with zero attached hydrogens (tertiary/aromatic N) is 6. The first kappa shape index (κ1) is 21.9. The Morgan fingerprint density at radius 2 is 1.86 bits per heavy atom. The number of phenolic OH excluding ortho intramolecular Hbond substituents is 1. The van der Waals surface area contributed by atoms with Gasteiger partial charge < -0.3 is 10.8 Å². The molecular weight excluding hydrogens is 481 g/mol. The number of fused-ring (bicyclic) bond motifs is 2. The SMILES string of the molecule is Cc1csc2nc(Cn3nc(-c4ccc(O)cc4)c4c(N)ncnc43)n(-c3ccccc3F)c(=O)c12. The smallest absolute Gasteiger partial charge is 0.267 e. The molecule has 36 heavy (non-hydrogen) atoms. The lowest BCUT2D eigenvalue weighted by atomic mass is 10.1. The molecule has 0 radical (unpaired) electrons. The van der Waals surface area contributed by atoms with Gasteiger partial charge in [-0.1, -0.05) is 12.1 Å². The van der Waals surface area contributed by atoms with Crippen LogP contribution in [-0.4, -0.2) is 34.4 Å². The van der Waals surface area contributed by atoms with Crippen molar-refractivity contribution in [3.05, 3.63) is 87.8 Å². The molecular formula is C25H18FN7O2S. The molecule has 2 aromatic carbocycles. The lowest BCUT2D eigenvalue weighted by molar-refractivity contribution is 0.475. The molecule has 0 atom stereocenters. The molecule has 4 aromatic heterocycles. The molecule has 178 valence electrons. The molecule has 0 amide bonds. The van der Waals surface area contributed by atoms with E-state index in [-0.39, 0.29) is 29.4 Å². The van der Waals surface area contributed by atoms with Crippen LogP contribution in [0.15, 0.2) is 65.0 Å². The lowest BCUT2D eigenvalue weighted by Gasteiger charge is -2.14. The van der Waals surface area contributed by atoms with E-state index < -0.39 is 5.82 Å². The molecule has 4 heterocycles. The van der Waals surface area contributed by atoms with Gasteiger partial charge in [0.15, 0.2) is 5.65 Å². The van der Waals surface area contributed by atoms with Crippen LogP contribution >= 0.6 is 11.3 Å². The highest BCUT2D eigenvalue weighted by atomic mass is 32.1. The normalized spacial score (nSPS) is 11.5. The monoisotopic (exact) mass is 499 g/mol. The van der Waals surface area contributed by atoms with E-state index in [1.165, 1.54) is 28.3 Å². The van der Waals surface area contributed by atoms with Crippen LogP contribution in [0.4, 0.5) is 10.2 Å². The number of aromatic nitrogens is 6. The molecule has 0 bridgehead atoms. The average Bonchev–Trinajstić information content (AvgIpc) is 3.42. The van der Waals surface area contributed by atoms with Gasteiger partial charge in [-0.25, -0.2) is 24.0 Å². The summed E-state index contributed by atoms with van der Waals surface area (Å²) < 4.78 is 17.8. The van der Waals surface area contributed by atoms with Gasteiger partial charge in [-0.2, -0.15) is 5.10 Å². The van der Waals surface area contributed by atoms with E-state index in [1.54, 1.807) is 47.1 Å². The van der Waals surface area contributed by atoms with Gasteiger partial charge in [-0.05, 0) is 54.3 Å². The predicted molar refractivity (Wildman–Crippen MR) is 136 cm³/mol. The minimum absolute atomic E-state index is 0.0154. The van der Waals surface area contributed by atoms with Crippen molar-refractivity contribution in [2.45, 2.75) is 13.5 Å². The molecule has 3 N–H and O–H groups in total. The summed E-state index contributed by atoms with van der Waals surface area (Å²) >= 11 is 1.35. The van der Waals surface area contributed by atoms with Crippen LogP contribution in [0.3, 0.4) is 0 Å². The van der Waals surface area contributed by atoms with Crippen LogP contribution in [0, 0.1) is 12.7 Å². The highest BCUT2D eigenvalue weighted by Crippen LogP contribution is 2.31. The van der Waals surface area contributed by atoms with Crippen molar-refractivity contribution in [1.82, 2.24) is 29.3 Å². The zero-order valence-corrected chi connectivity index (χ0v) is 19.7. The number of halogens is 1. The molecule has 0 aliphatic carbocycles. The minimum atomic E-state index is -0.545. The van der Waals surface area contributed by atoms with Crippen molar-refractivity contribution in [3.63, 3.8) is 0 Å². The van der Waals surface area contributed by atoms with Crippen molar-refractivity contribution < 1.29 is 9.50 Å². The maximum Gasteiger partial charge on any atom is 0.267 e. The fraction of sp³-hybridized carbons (Fsp3) is 0.0800. The minimum Gasteiger partial charge on any atom is -0.508 e. The number of benzene rings is 2. The molecule has 0 saturated heterocycles. The van der Waals surface area contributed by atoms with Crippen molar-refractivity contribution >= 4 is 38.4 Å². The summed E-state index contributed by atoms with van der Waals surface area (Å²) in [7, 11) is 0. The maximum absolute atomic E-state index is 14.9. The van der Waals surface area contributed by atoms with Gasteiger partial charge in [0.1, 0.15) is 46.6 Å². The van der Waals surface area contributed by atoms with Crippen LogP contribution in [0.5, 0.6) is 5.75 Å². The summed E-state index contributed by atoms with van der Waals surface area (Å²) in [6.45, 7) is 1.85. The third-order valence-corrected chi connectivity index (χ3v) is 6.94. The Morgan fingerprint density at radius 3 is 2.64 bits per heavy atom. The number of para-hydroxylation sites is 1. The number of aromatic hydroxyl groups is 1. The zero-order valence-electron chi connectivity index (χ0n) is 18.9. The van der Waals surface area contributed by atoms with Crippen LogP contribution < -0.4 is 11.3 Å². The topological polar surface area (TPSA) is 125 Å². The first-order valence-corrected chi connectivity index (χ1v) is 11.8. The molecule has 11 heteroatoms. The molecule has 0 aliphatic heterocycles. The number of thiophene rings is 1. The van der Waals surface area contributed by atoms with E-state index in [1.807, 2.05) is 12.3 Å². The molecule has 0 fully saturated rings. The van der Waals surface area contributed by atoms with E-state index in [9.17, 15) is 14.3 Å². The van der Waals surface area contributed by atoms with Crippen LogP contribution in [0.1, 0.15) is 11.4 Å². The largest absolute Gasteiger partial charge is 0.508 e. The maximum atomic E-state index is 14.9. The third kappa shape index (κ3) is 3.40. The quantitative estimate of drug-likeness (QED) is 0.375. The van der Waals surface area contributed by atoms with E-state index in [0.717, 1.165) is 5.56 Å². The average molecular weight is 500 g/mol. The molecule has 0 saturated carbocycles. The Balaban J connectivity index is 1.61. The number of nitrogens with two attached hydrogens (primary N) is 1. The Morgan fingerprint density at radius 1 is 1.08 bits per heavy atom. The Bertz CT molecular complexity index is 1840. The highest BCUT2D eigenvalue weighted by Gasteiger charge is 2.22. The van der Waals surface area contributed by atoms with Gasteiger partial charge in [0.05, 0.1) is 16.5 Å². The van der Waals surface area contributed by atoms with Gasteiger partial charge >= 0.3 is 0 Å². The van der Waals surface area contributed by atoms with Gasteiger partial charge in [0, 0.05) is 5.56 Å². The molecule has 0 aliphatic rings. The Labute approximate surface area is 206 Å². The number of hydrogen-bond donors (Lipinski definition) is 2. The number of rotatable bonds is 4. The highest BCUT2D eigenvalue weighted by molar-refractivity contribution is 7.16. The standard InChI is InChI=1S/C25H18FN7O2S/c1-13-11-36-24-19(13)25(35)33(17-5-3-2-4-16(17)26)18(30-24)10-32-23-20(22(27)28-12-29-23)21(31-32)14-6-8-15(34)9-7-14/h2-9,11-12,34H,10H2,1H3,(H2,27,28,29). The fourth-order valence-electron chi connectivity index (χ4n) is 4.25. The number of nitrogen functional groups attached to an aromatic ring is 1. The van der Waals surface area contributed by atoms with Gasteiger partial charge in [-0.3, -0.25) is 9.36 Å². The van der Waals surface area contributed by atoms with Gasteiger partial charge in [-0.15, -0.1) is 11.3 Å². The third-order valence-electron chi connectivity index (χ3n) is 5.95. The Hall–Kier alpha value is -4.64. The van der Waals surface area contributed by atoms with Crippen LogP contribution in [0.2, 0.25) is 0 Å². The number of aryl methyl sites for hydroxylation is 1. The second kappa shape index (κ2) is 8.24. The zero-order chi connectivity index (χ0) is 25.0. The second-order valence-electron chi connectivity index (χ2n) is 8.23. The van der Waals surface area contributed by atoms with Crippen molar-refractivity contribution in [1.29, 1.82) is 0 Å². The molecule has 0 unspecified atom stereocenters. The van der Waals surface area contributed by atoms with Crippen molar-refractivity contribution in [3.8, 4) is 22.7 Å². The summed E-state index contributed by atoms with van der Waals surface area (Å²) in [4.78, 5) is 27.4. The molecule has 6 aromatic rings. The summed E-state index contributed by atoms with van der Waals surface area (Å²) in [6.07, 6.45) is 1.33. The van der Waals surface area contributed by atoms with Gasteiger partial charge in [0.25, 0.3) is 5.56 Å². The van der Waals surface area contributed by atoms with E-state index >= 15 is 0 Å². The van der Waals surface area contributed by atoms with Crippen molar-refractivity contribution in [2.75, 3.05) is 5.73 Å². The summed E-state index contributed by atoms with van der Waals surface area (Å²) in [5.74, 6) is 0.0947. The molecule has 0 spiro atoms. The second-order valence-corrected chi connectivity index (χ2v) is 9.09. The summed E-state index contributed by atoms with van der Waals surface area (Å²) in [6, 6.07) is 12.6. The summed E-state index contributed by atoms with van der Waals surface area (Å²) in [5, 5.41) is 17.3. The van der Waals surface area contributed by atoms with E-state index in [2.05, 4.69) is 9.97 Å². The van der Waals surface area contributed by atoms with E-state index in [0.29, 0.717) is 38.3 Å². The number of hydrogen-bond acceptors (Lipinski definition) is 8.